The molecule has 0 saturated heterocycles. The molecule has 0 fully saturated rings. The Kier molecular flexibility index (Phi) is 6.87. The van der Waals surface area contributed by atoms with Gasteiger partial charge in [0.05, 0.1) is 0 Å². The van der Waals surface area contributed by atoms with Crippen LogP contribution in [0.2, 0.25) is 0 Å². The van der Waals surface area contributed by atoms with Crippen LogP contribution in [0.5, 0.6) is 0 Å². The fourth-order valence-corrected chi connectivity index (χ4v) is 1.87. The minimum atomic E-state index is -0.194. The predicted molar refractivity (Wildman–Crippen MR) is 73.6 cm³/mol. The number of hydrogen-bond donors (Lipinski definition) is 3. The zero-order valence-corrected chi connectivity index (χ0v) is 10.9. The van der Waals surface area contributed by atoms with Gasteiger partial charge in [-0.3, -0.25) is 0 Å². The molecule has 1 aromatic rings. The average molecular weight is 250 g/mol. The molecule has 1 unspecified atom stereocenters. The van der Waals surface area contributed by atoms with E-state index in [1.165, 1.54) is 0 Å². The third-order valence-corrected chi connectivity index (χ3v) is 2.82. The first-order chi connectivity index (χ1) is 8.76. The van der Waals surface area contributed by atoms with Gasteiger partial charge in [-0.05, 0) is 30.9 Å². The third-order valence-electron chi connectivity index (χ3n) is 2.82. The number of rotatable bonds is 7. The fraction of sp³-hybridized carbons (Fsp3) is 0.500. The van der Waals surface area contributed by atoms with Crippen molar-refractivity contribution < 1.29 is 9.90 Å². The van der Waals surface area contributed by atoms with Crippen molar-refractivity contribution in [2.75, 3.05) is 18.5 Å². The molecule has 1 rings (SSSR count). The Morgan fingerprint density at radius 1 is 1.28 bits per heavy atom. The van der Waals surface area contributed by atoms with Crippen LogP contribution in [0.4, 0.5) is 10.5 Å². The molecule has 0 aliphatic heterocycles. The molecule has 0 radical (unpaired) electrons. The van der Waals surface area contributed by atoms with Crippen LogP contribution in [-0.2, 0) is 0 Å². The maximum Gasteiger partial charge on any atom is 0.319 e. The largest absolute Gasteiger partial charge is 0.396 e. The minimum absolute atomic E-state index is 0.173. The number of carbonyl (C=O) groups excluding carboxylic acids is 1. The quantitative estimate of drug-likeness (QED) is 0.696. The van der Waals surface area contributed by atoms with Crippen LogP contribution in [0.15, 0.2) is 30.3 Å². The summed E-state index contributed by atoms with van der Waals surface area (Å²) in [5, 5.41) is 14.5. The van der Waals surface area contributed by atoms with E-state index >= 15 is 0 Å². The molecule has 0 aromatic heterocycles. The van der Waals surface area contributed by atoms with Gasteiger partial charge in [-0.25, -0.2) is 4.79 Å². The molecule has 2 amide bonds. The molecule has 3 N–H and O–H groups in total. The van der Waals surface area contributed by atoms with Gasteiger partial charge in [-0.2, -0.15) is 0 Å². The monoisotopic (exact) mass is 250 g/mol. The van der Waals surface area contributed by atoms with Crippen LogP contribution in [0.1, 0.15) is 26.2 Å². The Bertz CT molecular complexity index is 335. The summed E-state index contributed by atoms with van der Waals surface area (Å²) in [6.07, 6.45) is 2.82. The molecule has 0 spiro atoms. The number of aliphatic hydroxyl groups excluding tert-OH is 1. The Labute approximate surface area is 108 Å². The van der Waals surface area contributed by atoms with Crippen molar-refractivity contribution in [2.24, 2.45) is 5.92 Å². The standard InChI is InChI=1S/C14H22N2O2/c1-2-6-12(9-10-17)11-15-14(18)16-13-7-4-3-5-8-13/h3-5,7-8,12,17H,2,6,9-11H2,1H3,(H2,15,16,18). The zero-order valence-electron chi connectivity index (χ0n) is 10.9. The third kappa shape index (κ3) is 5.68. The lowest BCUT2D eigenvalue weighted by Gasteiger charge is -2.16. The van der Waals surface area contributed by atoms with Gasteiger partial charge < -0.3 is 15.7 Å². The van der Waals surface area contributed by atoms with Gasteiger partial charge in [-0.1, -0.05) is 31.5 Å². The zero-order chi connectivity index (χ0) is 13.2. The van der Waals surface area contributed by atoms with E-state index in [4.69, 9.17) is 5.11 Å². The SMILES string of the molecule is CCCC(CCO)CNC(=O)Nc1ccccc1. The molecule has 0 bridgehead atoms. The highest BCUT2D eigenvalue weighted by atomic mass is 16.3. The first-order valence-corrected chi connectivity index (χ1v) is 6.47. The highest BCUT2D eigenvalue weighted by Gasteiger charge is 2.09. The van der Waals surface area contributed by atoms with E-state index in [1.54, 1.807) is 0 Å². The second-order valence-corrected chi connectivity index (χ2v) is 4.37. The maximum atomic E-state index is 11.6. The molecule has 4 heteroatoms. The van der Waals surface area contributed by atoms with E-state index in [-0.39, 0.29) is 12.6 Å². The number of nitrogens with one attached hydrogen (secondary N) is 2. The summed E-state index contributed by atoms with van der Waals surface area (Å²) in [4.78, 5) is 11.6. The second kappa shape index (κ2) is 8.53. The number of anilines is 1. The Balaban J connectivity index is 2.31. The maximum absolute atomic E-state index is 11.6. The molecule has 0 heterocycles. The summed E-state index contributed by atoms with van der Waals surface area (Å²) in [5.41, 5.74) is 0.782. The molecule has 0 saturated carbocycles. The van der Waals surface area contributed by atoms with Crippen molar-refractivity contribution >= 4 is 11.7 Å². The Morgan fingerprint density at radius 3 is 2.61 bits per heavy atom. The van der Waals surface area contributed by atoms with Gasteiger partial charge >= 0.3 is 6.03 Å². The number of hydrogen-bond acceptors (Lipinski definition) is 2. The predicted octanol–water partition coefficient (Wildman–Crippen LogP) is 2.61. The molecule has 1 atom stereocenters. The number of urea groups is 1. The van der Waals surface area contributed by atoms with E-state index in [0.717, 1.165) is 24.9 Å². The fourth-order valence-electron chi connectivity index (χ4n) is 1.87. The summed E-state index contributed by atoms with van der Waals surface area (Å²) < 4.78 is 0. The number of para-hydroxylation sites is 1. The highest BCUT2D eigenvalue weighted by Crippen LogP contribution is 2.09. The number of amides is 2. The lowest BCUT2D eigenvalue weighted by atomic mass is 10.0. The Morgan fingerprint density at radius 2 is 2.00 bits per heavy atom. The van der Waals surface area contributed by atoms with E-state index in [9.17, 15) is 4.79 Å². The lowest BCUT2D eigenvalue weighted by Crippen LogP contribution is -2.33. The van der Waals surface area contributed by atoms with E-state index in [2.05, 4.69) is 17.6 Å². The van der Waals surface area contributed by atoms with Gasteiger partial charge in [0.15, 0.2) is 0 Å². The van der Waals surface area contributed by atoms with Crippen molar-refractivity contribution in [3.05, 3.63) is 30.3 Å². The van der Waals surface area contributed by atoms with Gasteiger partial charge in [0.1, 0.15) is 0 Å². The number of benzene rings is 1. The first kappa shape index (κ1) is 14.5. The van der Waals surface area contributed by atoms with Crippen molar-refractivity contribution in [3.8, 4) is 0 Å². The highest BCUT2D eigenvalue weighted by molar-refractivity contribution is 5.89. The van der Waals surface area contributed by atoms with Gasteiger partial charge in [0.2, 0.25) is 0 Å². The van der Waals surface area contributed by atoms with E-state index < -0.39 is 0 Å². The molecule has 4 nitrogen and oxygen atoms in total. The van der Waals surface area contributed by atoms with Crippen molar-refractivity contribution in [2.45, 2.75) is 26.2 Å². The van der Waals surface area contributed by atoms with Gasteiger partial charge in [0.25, 0.3) is 0 Å². The molecule has 18 heavy (non-hydrogen) atoms. The van der Waals surface area contributed by atoms with Crippen LogP contribution in [-0.4, -0.2) is 24.3 Å². The molecular formula is C14H22N2O2. The van der Waals surface area contributed by atoms with Crippen LogP contribution in [0.3, 0.4) is 0 Å². The summed E-state index contributed by atoms with van der Waals surface area (Å²) in [7, 11) is 0. The van der Waals surface area contributed by atoms with E-state index in [0.29, 0.717) is 12.5 Å². The normalized spacial score (nSPS) is 11.9. The van der Waals surface area contributed by atoms with Crippen LogP contribution in [0, 0.1) is 5.92 Å². The summed E-state index contributed by atoms with van der Waals surface area (Å²) in [5.74, 6) is 0.349. The second-order valence-electron chi connectivity index (χ2n) is 4.37. The van der Waals surface area contributed by atoms with Crippen molar-refractivity contribution in [1.82, 2.24) is 5.32 Å². The average Bonchev–Trinajstić information content (AvgIpc) is 2.38. The molecular weight excluding hydrogens is 228 g/mol. The van der Waals surface area contributed by atoms with Crippen LogP contribution >= 0.6 is 0 Å². The molecule has 0 aliphatic carbocycles. The topological polar surface area (TPSA) is 61.4 Å². The first-order valence-electron chi connectivity index (χ1n) is 6.47. The van der Waals surface area contributed by atoms with Gasteiger partial charge in [-0.15, -0.1) is 0 Å². The number of carbonyl (C=O) groups is 1. The molecule has 100 valence electrons. The molecule has 0 aliphatic rings. The van der Waals surface area contributed by atoms with Gasteiger partial charge in [0, 0.05) is 18.8 Å². The lowest BCUT2D eigenvalue weighted by molar-refractivity contribution is 0.237. The number of aliphatic hydroxyl groups is 1. The van der Waals surface area contributed by atoms with E-state index in [1.807, 2.05) is 30.3 Å². The van der Waals surface area contributed by atoms with Crippen LogP contribution < -0.4 is 10.6 Å². The minimum Gasteiger partial charge on any atom is -0.396 e. The van der Waals surface area contributed by atoms with Crippen LogP contribution in [0.25, 0.3) is 0 Å². The van der Waals surface area contributed by atoms with Crippen molar-refractivity contribution in [3.63, 3.8) is 0 Å². The smallest absolute Gasteiger partial charge is 0.319 e. The summed E-state index contributed by atoms with van der Waals surface area (Å²) >= 11 is 0. The van der Waals surface area contributed by atoms with Crippen molar-refractivity contribution in [1.29, 1.82) is 0 Å². The summed E-state index contributed by atoms with van der Waals surface area (Å²) in [6.45, 7) is 2.88. The molecule has 1 aromatic carbocycles. The Hall–Kier alpha value is -1.55. The summed E-state index contributed by atoms with van der Waals surface area (Å²) in [6, 6.07) is 9.15.